The van der Waals surface area contributed by atoms with E-state index in [0.717, 1.165) is 4.90 Å². The summed E-state index contributed by atoms with van der Waals surface area (Å²) < 4.78 is 34.6. The first-order valence-electron chi connectivity index (χ1n) is 5.18. The smallest absolute Gasteiger partial charge is 0.307 e. The van der Waals surface area contributed by atoms with E-state index in [2.05, 4.69) is 0 Å². The first kappa shape index (κ1) is 14.4. The molecule has 0 saturated carbocycles. The Balaban J connectivity index is 2.42. The number of rotatable bonds is 2. The molecule has 0 radical (unpaired) electrons. The van der Waals surface area contributed by atoms with Crippen LogP contribution >= 0.6 is 23.2 Å². The van der Waals surface area contributed by atoms with E-state index >= 15 is 0 Å². The first-order valence-corrected chi connectivity index (χ1v) is 7.38. The van der Waals surface area contributed by atoms with E-state index in [0.29, 0.717) is 5.69 Å². The zero-order chi connectivity index (χ0) is 14.4. The predicted molar refractivity (Wildman–Crippen MR) is 71.7 cm³/mol. The Kier molecular flexibility index (Phi) is 3.63. The Morgan fingerprint density at radius 2 is 1.84 bits per heavy atom. The fourth-order valence-corrected chi connectivity index (χ4v) is 3.30. The van der Waals surface area contributed by atoms with Gasteiger partial charge in [0.2, 0.25) is 5.91 Å². The Labute approximate surface area is 119 Å². The van der Waals surface area contributed by atoms with Gasteiger partial charge in [0.05, 0.1) is 15.7 Å². The van der Waals surface area contributed by atoms with Crippen molar-refractivity contribution >= 4 is 50.7 Å². The second-order valence-electron chi connectivity index (χ2n) is 4.14. The van der Waals surface area contributed by atoms with Crippen molar-refractivity contribution in [1.29, 1.82) is 0 Å². The number of halogens is 3. The number of carbonyl (C=O) groups excluding carboxylic acids is 1. The van der Waals surface area contributed by atoms with Gasteiger partial charge in [0.25, 0.3) is 0 Å². The van der Waals surface area contributed by atoms with Gasteiger partial charge in [0.15, 0.2) is 0 Å². The van der Waals surface area contributed by atoms with Crippen molar-refractivity contribution in [3.05, 3.63) is 22.2 Å². The highest BCUT2D eigenvalue weighted by Gasteiger charge is 2.40. The molecule has 1 aliphatic rings. The van der Waals surface area contributed by atoms with E-state index in [-0.39, 0.29) is 22.3 Å². The van der Waals surface area contributed by atoms with Crippen LogP contribution in [0.5, 0.6) is 0 Å². The van der Waals surface area contributed by atoms with Crippen LogP contribution < -0.4 is 10.6 Å². The number of amides is 1. The minimum absolute atomic E-state index is 0.107. The molecule has 1 atom stereocenters. The lowest BCUT2D eigenvalue weighted by atomic mass is 10.2. The van der Waals surface area contributed by atoms with Gasteiger partial charge in [0, 0.05) is 18.7 Å². The number of hydrogen-bond acceptors (Lipinski definition) is 4. The van der Waals surface area contributed by atoms with Gasteiger partial charge >= 0.3 is 10.2 Å². The third-order valence-corrected chi connectivity index (χ3v) is 4.49. The highest BCUT2D eigenvalue weighted by molar-refractivity contribution is 7.87. The van der Waals surface area contributed by atoms with Crippen LogP contribution in [-0.4, -0.2) is 26.1 Å². The van der Waals surface area contributed by atoms with Crippen LogP contribution in [0.2, 0.25) is 10.0 Å². The molecule has 1 amide bonds. The largest absolute Gasteiger partial charge is 0.399 e. The number of anilines is 2. The zero-order valence-electron chi connectivity index (χ0n) is 9.44. The highest BCUT2D eigenvalue weighted by Crippen LogP contribution is 2.38. The Hall–Kier alpha value is -1.05. The molecule has 1 aliphatic heterocycles. The number of nitrogens with zero attached hydrogens (tertiary/aromatic N) is 1. The number of nitrogen functional groups attached to an aromatic ring is 1. The second kappa shape index (κ2) is 4.81. The third kappa shape index (κ3) is 2.77. The Morgan fingerprint density at radius 3 is 2.26 bits per heavy atom. The van der Waals surface area contributed by atoms with Crippen molar-refractivity contribution in [2.75, 3.05) is 17.2 Å². The number of benzene rings is 1. The summed E-state index contributed by atoms with van der Waals surface area (Å²) in [5, 5.41) is -1.19. The predicted octanol–water partition coefficient (Wildman–Crippen LogP) is 1.98. The molecular formula is C10H9Cl2FN2O3S. The Morgan fingerprint density at radius 1 is 1.32 bits per heavy atom. The van der Waals surface area contributed by atoms with Crippen LogP contribution in [0.4, 0.5) is 15.3 Å². The summed E-state index contributed by atoms with van der Waals surface area (Å²) >= 11 is 11.9. The number of carbonyl (C=O) groups is 1. The van der Waals surface area contributed by atoms with Gasteiger partial charge in [-0.2, -0.15) is 8.42 Å². The summed E-state index contributed by atoms with van der Waals surface area (Å²) in [5.74, 6) is -0.556. The molecule has 0 aromatic heterocycles. The van der Waals surface area contributed by atoms with Crippen molar-refractivity contribution in [3.63, 3.8) is 0 Å². The molecule has 5 nitrogen and oxygen atoms in total. The fourth-order valence-electron chi connectivity index (χ4n) is 1.92. The van der Waals surface area contributed by atoms with E-state index in [4.69, 9.17) is 28.9 Å². The average molecular weight is 327 g/mol. The summed E-state index contributed by atoms with van der Waals surface area (Å²) in [6, 6.07) is 2.76. The molecule has 1 aromatic carbocycles. The van der Waals surface area contributed by atoms with Crippen molar-refractivity contribution < 1.29 is 17.1 Å². The van der Waals surface area contributed by atoms with Crippen LogP contribution in [0.1, 0.15) is 6.42 Å². The van der Waals surface area contributed by atoms with Gasteiger partial charge < -0.3 is 10.6 Å². The van der Waals surface area contributed by atoms with Crippen molar-refractivity contribution in [3.8, 4) is 0 Å². The van der Waals surface area contributed by atoms with Crippen LogP contribution in [0, 0.1) is 0 Å². The molecule has 1 saturated heterocycles. The monoisotopic (exact) mass is 326 g/mol. The minimum Gasteiger partial charge on any atom is -0.399 e. The van der Waals surface area contributed by atoms with E-state index in [1.54, 1.807) is 0 Å². The highest BCUT2D eigenvalue weighted by atomic mass is 35.5. The molecule has 104 valence electrons. The summed E-state index contributed by atoms with van der Waals surface area (Å²) in [7, 11) is -4.78. The van der Waals surface area contributed by atoms with Gasteiger partial charge in [-0.05, 0) is 12.1 Å². The first-order chi connectivity index (χ1) is 8.70. The fraction of sp³-hybridized carbons (Fsp3) is 0.300. The lowest BCUT2D eigenvalue weighted by molar-refractivity contribution is -0.117. The molecular weight excluding hydrogens is 318 g/mol. The second-order valence-corrected chi connectivity index (χ2v) is 6.57. The molecule has 2 rings (SSSR count). The molecule has 0 aliphatic carbocycles. The SMILES string of the molecule is Nc1cc(Cl)c(N2CC(S(=O)(=O)F)CC2=O)c(Cl)c1. The van der Waals surface area contributed by atoms with Crippen LogP contribution in [0.25, 0.3) is 0 Å². The molecule has 2 N–H and O–H groups in total. The van der Waals surface area contributed by atoms with Crippen molar-refractivity contribution in [2.45, 2.75) is 11.7 Å². The van der Waals surface area contributed by atoms with Crippen molar-refractivity contribution in [1.82, 2.24) is 0 Å². The van der Waals surface area contributed by atoms with Crippen LogP contribution in [0.3, 0.4) is 0 Å². The maximum absolute atomic E-state index is 12.9. The zero-order valence-corrected chi connectivity index (χ0v) is 11.8. The average Bonchev–Trinajstić information content (AvgIpc) is 2.59. The number of hydrogen-bond donors (Lipinski definition) is 1. The minimum atomic E-state index is -4.78. The molecule has 1 aromatic rings. The summed E-state index contributed by atoms with van der Waals surface area (Å²) in [4.78, 5) is 12.8. The molecule has 19 heavy (non-hydrogen) atoms. The summed E-state index contributed by atoms with van der Waals surface area (Å²) in [5.41, 5.74) is 5.98. The third-order valence-electron chi connectivity index (χ3n) is 2.80. The Bertz CT molecular complexity index is 627. The standard InChI is InChI=1S/C10H9Cl2FN2O3S/c11-7-1-5(14)2-8(12)10(7)15-4-6(3-9(15)16)19(13,17)18/h1-2,6H,3-4,14H2. The molecule has 1 unspecified atom stereocenters. The maximum atomic E-state index is 12.9. The molecule has 0 spiro atoms. The van der Waals surface area contributed by atoms with Gasteiger partial charge in [-0.3, -0.25) is 4.79 Å². The van der Waals surface area contributed by atoms with E-state index in [9.17, 15) is 17.1 Å². The van der Waals surface area contributed by atoms with Crippen molar-refractivity contribution in [2.24, 2.45) is 0 Å². The number of nitrogens with two attached hydrogens (primary N) is 1. The van der Waals surface area contributed by atoms with E-state index in [1.807, 2.05) is 0 Å². The van der Waals surface area contributed by atoms with E-state index in [1.165, 1.54) is 12.1 Å². The summed E-state index contributed by atoms with van der Waals surface area (Å²) in [6.07, 6.45) is -0.435. The van der Waals surface area contributed by atoms with Gasteiger partial charge in [-0.15, -0.1) is 3.89 Å². The van der Waals surface area contributed by atoms with Gasteiger partial charge in [-0.25, -0.2) is 0 Å². The molecule has 1 fully saturated rings. The lowest BCUT2D eigenvalue weighted by Gasteiger charge is -2.19. The van der Waals surface area contributed by atoms with Gasteiger partial charge in [0.1, 0.15) is 5.25 Å². The summed E-state index contributed by atoms with van der Waals surface area (Å²) in [6.45, 7) is -0.318. The normalized spacial score (nSPS) is 20.1. The lowest BCUT2D eigenvalue weighted by Crippen LogP contribution is -2.27. The topological polar surface area (TPSA) is 80.5 Å². The van der Waals surface area contributed by atoms with Crippen LogP contribution in [0.15, 0.2) is 12.1 Å². The van der Waals surface area contributed by atoms with E-state index < -0.39 is 27.8 Å². The molecule has 0 bridgehead atoms. The van der Waals surface area contributed by atoms with Gasteiger partial charge in [-0.1, -0.05) is 23.2 Å². The molecule has 9 heteroatoms. The molecule has 1 heterocycles. The quantitative estimate of drug-likeness (QED) is 0.665. The van der Waals surface area contributed by atoms with Crippen LogP contribution in [-0.2, 0) is 15.0 Å². The maximum Gasteiger partial charge on any atom is 0.307 e.